The Morgan fingerprint density at radius 2 is 1.90 bits per heavy atom. The molecule has 0 saturated carbocycles. The zero-order valence-electron chi connectivity index (χ0n) is 28.3. The average molecular weight is 681 g/mol. The Kier molecular flexibility index (Phi) is 8.32. The number of benzene rings is 2. The Balaban J connectivity index is 1.31. The maximum absolute atomic E-state index is 16.8. The van der Waals surface area contributed by atoms with Gasteiger partial charge in [0.25, 0.3) is 0 Å². The molecule has 7 rings (SSSR count). The lowest BCUT2D eigenvalue weighted by atomic mass is 9.95. The number of aromatic nitrogens is 3. The third kappa shape index (κ3) is 5.89. The van der Waals surface area contributed by atoms with Crippen LogP contribution in [0.4, 0.5) is 28.2 Å². The van der Waals surface area contributed by atoms with Crippen molar-refractivity contribution in [3.63, 3.8) is 0 Å². The van der Waals surface area contributed by atoms with Crippen molar-refractivity contribution in [1.29, 1.82) is 0 Å². The highest BCUT2D eigenvalue weighted by atomic mass is 19.2. The summed E-state index contributed by atoms with van der Waals surface area (Å²) in [5, 5.41) is 0.564. The minimum Gasteiger partial charge on any atom is -0.461 e. The summed E-state index contributed by atoms with van der Waals surface area (Å²) < 4.78 is 72.6. The first-order valence-corrected chi connectivity index (χ1v) is 16.7. The molecule has 3 aliphatic heterocycles. The number of amides is 1. The molecule has 1 amide bonds. The number of hydrogen-bond acceptors (Lipinski definition) is 8. The molecule has 3 saturated heterocycles. The molecule has 49 heavy (non-hydrogen) atoms. The van der Waals surface area contributed by atoms with Gasteiger partial charge < -0.3 is 19.3 Å². The summed E-state index contributed by atoms with van der Waals surface area (Å²) in [6.45, 7) is 9.05. The highest BCUT2D eigenvalue weighted by Crippen LogP contribution is 2.41. The molecule has 0 bridgehead atoms. The minimum atomic E-state index is -1.10. The summed E-state index contributed by atoms with van der Waals surface area (Å²) in [5.74, 6) is -2.69. The van der Waals surface area contributed by atoms with Gasteiger partial charge in [-0.2, -0.15) is 9.97 Å². The lowest BCUT2D eigenvalue weighted by Gasteiger charge is -2.33. The van der Waals surface area contributed by atoms with Gasteiger partial charge in [0.1, 0.15) is 35.4 Å². The quantitative estimate of drug-likeness (QED) is 0.201. The van der Waals surface area contributed by atoms with Gasteiger partial charge in [-0.05, 0) is 65.0 Å². The summed E-state index contributed by atoms with van der Waals surface area (Å²) >= 11 is 0. The Morgan fingerprint density at radius 3 is 2.67 bits per heavy atom. The molecule has 4 atom stereocenters. The highest BCUT2D eigenvalue weighted by molar-refractivity contribution is 5.99. The second kappa shape index (κ2) is 12.3. The van der Waals surface area contributed by atoms with Gasteiger partial charge >= 0.3 is 12.1 Å². The first kappa shape index (κ1) is 33.2. The number of halogens is 4. The number of nitrogens with zero attached hydrogens (tertiary/aromatic N) is 6. The normalized spacial score (nSPS) is 24.2. The van der Waals surface area contributed by atoms with E-state index in [2.05, 4.69) is 14.9 Å². The van der Waals surface area contributed by atoms with Crippen LogP contribution in [0.15, 0.2) is 36.5 Å². The van der Waals surface area contributed by atoms with Crippen LogP contribution in [0.25, 0.3) is 32.9 Å². The number of fused-ring (bicyclic) bond motifs is 3. The van der Waals surface area contributed by atoms with Gasteiger partial charge in [0, 0.05) is 43.7 Å². The van der Waals surface area contributed by atoms with E-state index in [1.54, 1.807) is 17.0 Å². The topological polar surface area (TPSA) is 83.9 Å². The molecule has 13 heteroatoms. The molecule has 2 aromatic carbocycles. The molecule has 0 aliphatic carbocycles. The Hall–Kier alpha value is -4.26. The molecule has 3 fully saturated rings. The second-order valence-electron chi connectivity index (χ2n) is 14.5. The Bertz CT molecular complexity index is 1940. The summed E-state index contributed by atoms with van der Waals surface area (Å²) in [6, 6.07) is 6.56. The van der Waals surface area contributed by atoms with Gasteiger partial charge in [-0.25, -0.2) is 22.4 Å². The number of likely N-dealkylation sites (tertiary alicyclic amines) is 1. The number of hydrogen-bond donors (Lipinski definition) is 0. The zero-order valence-corrected chi connectivity index (χ0v) is 28.3. The zero-order chi connectivity index (χ0) is 34.8. The fourth-order valence-electron chi connectivity index (χ4n) is 7.87. The first-order valence-electron chi connectivity index (χ1n) is 16.7. The van der Waals surface area contributed by atoms with Gasteiger partial charge in [0.2, 0.25) is 0 Å². The van der Waals surface area contributed by atoms with Crippen molar-refractivity contribution in [1.82, 2.24) is 24.8 Å². The van der Waals surface area contributed by atoms with E-state index < -0.39 is 40.9 Å². The van der Waals surface area contributed by atoms with Gasteiger partial charge in [0.15, 0.2) is 17.5 Å². The van der Waals surface area contributed by atoms with Gasteiger partial charge in [-0.15, -0.1) is 0 Å². The van der Waals surface area contributed by atoms with Crippen LogP contribution in [0, 0.1) is 17.5 Å². The van der Waals surface area contributed by atoms with Gasteiger partial charge in [-0.1, -0.05) is 24.3 Å². The average Bonchev–Trinajstić information content (AvgIpc) is 3.72. The lowest BCUT2D eigenvalue weighted by Crippen LogP contribution is -2.45. The monoisotopic (exact) mass is 680 g/mol. The molecule has 260 valence electrons. The second-order valence-corrected chi connectivity index (χ2v) is 14.5. The number of carbonyl (C=O) groups excluding carboxylic acids is 1. The van der Waals surface area contributed by atoms with Crippen LogP contribution in [-0.2, 0) is 4.74 Å². The highest BCUT2D eigenvalue weighted by Gasteiger charge is 2.49. The molecule has 4 aromatic rings. The molecule has 0 spiro atoms. The van der Waals surface area contributed by atoms with E-state index in [-0.39, 0.29) is 52.2 Å². The van der Waals surface area contributed by atoms with Crippen LogP contribution < -0.4 is 9.64 Å². The van der Waals surface area contributed by atoms with E-state index in [1.165, 1.54) is 18.3 Å². The molecule has 5 heterocycles. The van der Waals surface area contributed by atoms with Crippen molar-refractivity contribution in [3.05, 3.63) is 54.0 Å². The molecule has 3 aliphatic rings. The first-order chi connectivity index (χ1) is 23.3. The number of alkyl halides is 1. The van der Waals surface area contributed by atoms with Crippen LogP contribution in [0.3, 0.4) is 0 Å². The summed E-state index contributed by atoms with van der Waals surface area (Å²) in [6.07, 6.45) is 2.64. The largest absolute Gasteiger partial charge is 0.461 e. The van der Waals surface area contributed by atoms with Crippen molar-refractivity contribution in [2.75, 3.05) is 38.2 Å². The predicted octanol–water partition coefficient (Wildman–Crippen LogP) is 7.05. The summed E-state index contributed by atoms with van der Waals surface area (Å²) in [5.41, 5.74) is -1.41. The van der Waals surface area contributed by atoms with Gasteiger partial charge in [0.05, 0.1) is 23.0 Å². The van der Waals surface area contributed by atoms with Crippen LogP contribution in [0.1, 0.15) is 53.4 Å². The van der Waals surface area contributed by atoms with Crippen molar-refractivity contribution in [2.24, 2.45) is 0 Å². The maximum Gasteiger partial charge on any atom is 0.410 e. The van der Waals surface area contributed by atoms with Crippen LogP contribution in [0.5, 0.6) is 6.01 Å². The molecular weight excluding hydrogens is 640 g/mol. The van der Waals surface area contributed by atoms with Crippen molar-refractivity contribution in [2.45, 2.75) is 82.8 Å². The van der Waals surface area contributed by atoms with E-state index in [0.29, 0.717) is 37.1 Å². The smallest absolute Gasteiger partial charge is 0.410 e. The van der Waals surface area contributed by atoms with E-state index >= 15 is 8.78 Å². The SMILES string of the molecule is CC1C(N(C)c2nc(OC[C@@]34CCCN3C[C@H](F)C4)nc3c(F)c(-c4cccc5ccc(F)c(F)c45)ncc23)CCN1C(=O)OC(C)(C)C. The fraction of sp³-hybridized carbons (Fsp3) is 0.500. The van der Waals surface area contributed by atoms with Crippen molar-refractivity contribution < 1.29 is 31.8 Å². The summed E-state index contributed by atoms with van der Waals surface area (Å²) in [7, 11) is 1.81. The number of rotatable bonds is 6. The Morgan fingerprint density at radius 1 is 1.10 bits per heavy atom. The van der Waals surface area contributed by atoms with E-state index in [1.807, 2.05) is 39.6 Å². The Labute approximate surface area is 282 Å². The molecule has 2 unspecified atom stereocenters. The number of ether oxygens (including phenoxy) is 2. The minimum absolute atomic E-state index is 0.0720. The molecule has 2 aromatic heterocycles. The third-order valence-corrected chi connectivity index (χ3v) is 10.2. The number of carbonyl (C=O) groups is 1. The van der Waals surface area contributed by atoms with Crippen molar-refractivity contribution in [3.8, 4) is 17.3 Å². The van der Waals surface area contributed by atoms with Crippen LogP contribution >= 0.6 is 0 Å². The number of anilines is 1. The fourth-order valence-corrected chi connectivity index (χ4v) is 7.87. The van der Waals surface area contributed by atoms with E-state index in [0.717, 1.165) is 25.5 Å². The number of pyridine rings is 1. The summed E-state index contributed by atoms with van der Waals surface area (Å²) in [4.78, 5) is 32.3. The number of likely N-dealkylation sites (N-methyl/N-ethyl adjacent to an activating group) is 1. The maximum atomic E-state index is 16.8. The van der Waals surface area contributed by atoms with Gasteiger partial charge in [-0.3, -0.25) is 9.88 Å². The lowest BCUT2D eigenvalue weighted by molar-refractivity contribution is 0.0233. The third-order valence-electron chi connectivity index (χ3n) is 10.2. The molecule has 9 nitrogen and oxygen atoms in total. The van der Waals surface area contributed by atoms with Crippen LogP contribution in [-0.4, -0.2) is 93.5 Å². The molecular formula is C36H40F4N6O3. The molecule has 0 radical (unpaired) electrons. The van der Waals surface area contributed by atoms with Crippen LogP contribution in [0.2, 0.25) is 0 Å². The van der Waals surface area contributed by atoms with E-state index in [9.17, 15) is 13.6 Å². The van der Waals surface area contributed by atoms with E-state index in [4.69, 9.17) is 14.5 Å². The standard InChI is InChI=1S/C36H40F4N6O3/c1-20-26(12-15-46(20)34(47)49-35(2,3)4)44(5)32-24-17-41-30(23-9-6-8-21-10-11-25(38)28(39)27(21)23)29(40)31(24)42-33(43-32)48-19-36-13-7-14-45(36)18-22(37)16-36/h6,8-11,17,20,22,26H,7,12-16,18-19H2,1-5H3/t20?,22-,26?,36+/m1/s1. The molecule has 0 N–H and O–H groups in total. The van der Waals surface area contributed by atoms with Crippen molar-refractivity contribution >= 4 is 33.6 Å². The predicted molar refractivity (Wildman–Crippen MR) is 178 cm³/mol.